The second kappa shape index (κ2) is 6.04. The van der Waals surface area contributed by atoms with Gasteiger partial charge >= 0.3 is 5.97 Å². The molecule has 2 aliphatic heterocycles. The Balaban J connectivity index is 1.69. The summed E-state index contributed by atoms with van der Waals surface area (Å²) in [6.07, 6.45) is 1.97. The second-order valence-corrected chi connectivity index (χ2v) is 6.02. The zero-order chi connectivity index (χ0) is 15.6. The molecule has 0 unspecified atom stereocenters. The van der Waals surface area contributed by atoms with Crippen LogP contribution >= 0.6 is 0 Å². The van der Waals surface area contributed by atoms with Crippen molar-refractivity contribution in [3.8, 4) is 0 Å². The van der Waals surface area contributed by atoms with Crippen molar-refractivity contribution in [2.24, 2.45) is 10.6 Å². The third kappa shape index (κ3) is 2.83. The van der Waals surface area contributed by atoms with Gasteiger partial charge in [-0.1, -0.05) is 23.4 Å². The van der Waals surface area contributed by atoms with Gasteiger partial charge in [-0.15, -0.1) is 0 Å². The number of hydrogen-bond donors (Lipinski definition) is 2. The molecule has 2 aliphatic rings. The fraction of sp³-hybridized carbons (Fsp3) is 0.500. The van der Waals surface area contributed by atoms with Gasteiger partial charge < -0.3 is 15.3 Å². The van der Waals surface area contributed by atoms with Crippen LogP contribution in [-0.4, -0.2) is 36.0 Å². The van der Waals surface area contributed by atoms with E-state index in [1.165, 1.54) is 6.07 Å². The minimum Gasteiger partial charge on any atom is -0.481 e. The fourth-order valence-corrected chi connectivity index (χ4v) is 3.24. The van der Waals surface area contributed by atoms with Crippen LogP contribution in [0.1, 0.15) is 31.2 Å². The van der Waals surface area contributed by atoms with E-state index in [1.54, 1.807) is 18.2 Å². The number of aliphatic carboxylic acids is 1. The van der Waals surface area contributed by atoms with Gasteiger partial charge in [0.25, 0.3) is 0 Å². The molecule has 1 fully saturated rings. The third-order valence-corrected chi connectivity index (χ3v) is 4.46. The molecular formula is C16H19FN2O3. The highest BCUT2D eigenvalue weighted by Gasteiger charge is 2.43. The van der Waals surface area contributed by atoms with Gasteiger partial charge in [0.2, 0.25) is 0 Å². The van der Waals surface area contributed by atoms with Crippen LogP contribution in [0.4, 0.5) is 4.39 Å². The summed E-state index contributed by atoms with van der Waals surface area (Å²) in [6.45, 7) is 1.29. The molecule has 22 heavy (non-hydrogen) atoms. The molecule has 0 spiro atoms. The van der Waals surface area contributed by atoms with Gasteiger partial charge in [0.15, 0.2) is 0 Å². The number of carboxylic acid groups (broad SMARTS) is 1. The molecule has 1 saturated heterocycles. The molecule has 2 heterocycles. The van der Waals surface area contributed by atoms with E-state index >= 15 is 0 Å². The highest BCUT2D eigenvalue weighted by Crippen LogP contribution is 2.35. The lowest BCUT2D eigenvalue weighted by Gasteiger charge is -2.34. The molecule has 1 aromatic carbocycles. The van der Waals surface area contributed by atoms with Crippen LogP contribution in [0.2, 0.25) is 0 Å². The predicted octanol–water partition coefficient (Wildman–Crippen LogP) is 2.16. The lowest BCUT2D eigenvalue weighted by Crippen LogP contribution is -2.47. The summed E-state index contributed by atoms with van der Waals surface area (Å²) in [5.74, 6) is -1.14. The molecule has 5 nitrogen and oxygen atoms in total. The van der Waals surface area contributed by atoms with Crippen LogP contribution < -0.4 is 5.32 Å². The van der Waals surface area contributed by atoms with Gasteiger partial charge in [0, 0.05) is 24.9 Å². The van der Waals surface area contributed by atoms with Gasteiger partial charge in [0.05, 0.1) is 11.1 Å². The van der Waals surface area contributed by atoms with Crippen molar-refractivity contribution in [3.63, 3.8) is 0 Å². The summed E-state index contributed by atoms with van der Waals surface area (Å²) in [5, 5.41) is 16.7. The first-order chi connectivity index (χ1) is 10.6. The van der Waals surface area contributed by atoms with E-state index in [4.69, 9.17) is 4.84 Å². The van der Waals surface area contributed by atoms with Crippen molar-refractivity contribution in [1.29, 1.82) is 0 Å². The zero-order valence-electron chi connectivity index (χ0n) is 12.2. The molecule has 6 heteroatoms. The Morgan fingerprint density at radius 1 is 1.50 bits per heavy atom. The SMILES string of the molecule is O=C(O)[C@]1(C[C@@H]2CC(c3ccccc3F)=NO2)CCCNC1. The molecule has 2 N–H and O–H groups in total. The molecule has 3 rings (SSSR count). The van der Waals surface area contributed by atoms with Gasteiger partial charge in [0.1, 0.15) is 11.9 Å². The molecule has 0 saturated carbocycles. The highest BCUT2D eigenvalue weighted by atomic mass is 19.1. The highest BCUT2D eigenvalue weighted by molar-refractivity contribution is 6.01. The van der Waals surface area contributed by atoms with Crippen LogP contribution in [0, 0.1) is 11.2 Å². The van der Waals surface area contributed by atoms with Crippen LogP contribution in [0.25, 0.3) is 0 Å². The van der Waals surface area contributed by atoms with Crippen molar-refractivity contribution >= 4 is 11.7 Å². The van der Waals surface area contributed by atoms with Crippen LogP contribution in [-0.2, 0) is 9.63 Å². The Hall–Kier alpha value is -1.95. The number of piperidine rings is 1. The Bertz CT molecular complexity index is 597. The molecular weight excluding hydrogens is 287 g/mol. The van der Waals surface area contributed by atoms with Crippen molar-refractivity contribution in [2.45, 2.75) is 31.8 Å². The first-order valence-corrected chi connectivity index (χ1v) is 7.52. The van der Waals surface area contributed by atoms with Crippen molar-refractivity contribution < 1.29 is 19.1 Å². The summed E-state index contributed by atoms with van der Waals surface area (Å²) in [5.41, 5.74) is 0.159. The minimum absolute atomic E-state index is 0.314. The third-order valence-electron chi connectivity index (χ3n) is 4.46. The predicted molar refractivity (Wildman–Crippen MR) is 79.2 cm³/mol. The smallest absolute Gasteiger partial charge is 0.311 e. The molecule has 0 aliphatic carbocycles. The Morgan fingerprint density at radius 3 is 3.00 bits per heavy atom. The lowest BCUT2D eigenvalue weighted by atomic mass is 9.75. The fourth-order valence-electron chi connectivity index (χ4n) is 3.24. The first-order valence-electron chi connectivity index (χ1n) is 7.52. The molecule has 0 bridgehead atoms. The largest absolute Gasteiger partial charge is 0.481 e. The summed E-state index contributed by atoms with van der Waals surface area (Å²) >= 11 is 0. The zero-order valence-corrected chi connectivity index (χ0v) is 12.2. The number of rotatable bonds is 4. The summed E-state index contributed by atoms with van der Waals surface area (Å²) in [4.78, 5) is 17.1. The average molecular weight is 306 g/mol. The first kappa shape index (κ1) is 15.0. The van der Waals surface area contributed by atoms with Crippen molar-refractivity contribution in [1.82, 2.24) is 5.32 Å². The average Bonchev–Trinajstić information content (AvgIpc) is 2.96. The van der Waals surface area contributed by atoms with Gasteiger partial charge in [-0.05, 0) is 25.5 Å². The maximum atomic E-state index is 13.8. The van der Waals surface area contributed by atoms with E-state index in [0.717, 1.165) is 13.0 Å². The Kier molecular flexibility index (Phi) is 4.11. The topological polar surface area (TPSA) is 70.9 Å². The number of oxime groups is 1. The number of nitrogens with one attached hydrogen (secondary N) is 1. The quantitative estimate of drug-likeness (QED) is 0.894. The van der Waals surface area contributed by atoms with Crippen LogP contribution in [0.5, 0.6) is 0 Å². The van der Waals surface area contributed by atoms with Crippen LogP contribution in [0.3, 0.4) is 0 Å². The number of nitrogens with zero attached hydrogens (tertiary/aromatic N) is 1. The van der Waals surface area contributed by atoms with E-state index in [-0.39, 0.29) is 11.9 Å². The lowest BCUT2D eigenvalue weighted by molar-refractivity contribution is -0.152. The van der Waals surface area contributed by atoms with E-state index in [1.807, 2.05) is 0 Å². The minimum atomic E-state index is -0.816. The number of hydrogen-bond acceptors (Lipinski definition) is 4. The molecule has 0 aromatic heterocycles. The summed E-state index contributed by atoms with van der Waals surface area (Å²) in [6, 6.07) is 6.42. The number of benzene rings is 1. The van der Waals surface area contributed by atoms with E-state index in [0.29, 0.717) is 37.1 Å². The van der Waals surface area contributed by atoms with E-state index in [2.05, 4.69) is 10.5 Å². The summed E-state index contributed by atoms with van der Waals surface area (Å²) in [7, 11) is 0. The van der Waals surface area contributed by atoms with Crippen molar-refractivity contribution in [2.75, 3.05) is 13.1 Å². The van der Waals surface area contributed by atoms with Gasteiger partial charge in [-0.25, -0.2) is 4.39 Å². The van der Waals surface area contributed by atoms with E-state index in [9.17, 15) is 14.3 Å². The molecule has 0 radical (unpaired) electrons. The maximum absolute atomic E-state index is 13.8. The van der Waals surface area contributed by atoms with E-state index < -0.39 is 11.4 Å². The summed E-state index contributed by atoms with van der Waals surface area (Å²) < 4.78 is 13.8. The molecule has 1 aromatic rings. The normalized spacial score (nSPS) is 28.0. The Morgan fingerprint density at radius 2 is 2.32 bits per heavy atom. The maximum Gasteiger partial charge on any atom is 0.311 e. The Labute approximate surface area is 128 Å². The van der Waals surface area contributed by atoms with Gasteiger partial charge in [-0.2, -0.15) is 0 Å². The molecule has 2 atom stereocenters. The number of carbonyl (C=O) groups is 1. The second-order valence-electron chi connectivity index (χ2n) is 6.02. The molecule has 0 amide bonds. The standard InChI is InChI=1S/C16H19FN2O3/c17-13-5-2-1-4-12(13)14-8-11(22-19-14)9-16(15(20)21)6-3-7-18-10-16/h1-2,4-5,11,18H,3,6-10H2,(H,20,21)/t11-,16-/m0/s1. The number of halogens is 1. The van der Waals surface area contributed by atoms with Gasteiger partial charge in [-0.3, -0.25) is 4.79 Å². The number of carboxylic acids is 1. The van der Waals surface area contributed by atoms with Crippen LogP contribution in [0.15, 0.2) is 29.4 Å². The van der Waals surface area contributed by atoms with Crippen molar-refractivity contribution in [3.05, 3.63) is 35.6 Å². The monoisotopic (exact) mass is 306 g/mol. The molecule has 118 valence electrons.